The van der Waals surface area contributed by atoms with Gasteiger partial charge >= 0.3 is 0 Å². The molecule has 1 rings (SSSR count). The second kappa shape index (κ2) is 9.94. The molecule has 0 saturated heterocycles. The minimum absolute atomic E-state index is 0.286. The van der Waals surface area contributed by atoms with Crippen LogP contribution < -0.4 is 5.32 Å². The van der Waals surface area contributed by atoms with Gasteiger partial charge < -0.3 is 14.6 Å². The van der Waals surface area contributed by atoms with E-state index in [2.05, 4.69) is 38.2 Å². The molecule has 0 spiro atoms. The molecular weight excluding hydrogens is 252 g/mol. The SMILES string of the molecule is CCCCCCC(C)OCc1cc(CNC(C)C)no1. The van der Waals surface area contributed by atoms with Gasteiger partial charge in [0.2, 0.25) is 0 Å². The fourth-order valence-electron chi connectivity index (χ4n) is 1.98. The molecule has 1 atom stereocenters. The largest absolute Gasteiger partial charge is 0.370 e. The van der Waals surface area contributed by atoms with Gasteiger partial charge in [0, 0.05) is 18.7 Å². The second-order valence-electron chi connectivity index (χ2n) is 5.79. The van der Waals surface area contributed by atoms with Crippen LogP contribution in [-0.4, -0.2) is 17.3 Å². The Morgan fingerprint density at radius 1 is 1.25 bits per heavy atom. The van der Waals surface area contributed by atoms with Crippen LogP contribution in [0.1, 0.15) is 71.3 Å². The Hall–Kier alpha value is -0.870. The molecule has 0 aliphatic carbocycles. The van der Waals surface area contributed by atoms with Gasteiger partial charge in [-0.3, -0.25) is 0 Å². The molecule has 0 amide bonds. The number of hydrogen-bond acceptors (Lipinski definition) is 4. The number of aromatic nitrogens is 1. The third-order valence-electron chi connectivity index (χ3n) is 3.27. The predicted molar refractivity (Wildman–Crippen MR) is 81.5 cm³/mol. The van der Waals surface area contributed by atoms with Crippen molar-refractivity contribution < 1.29 is 9.26 Å². The van der Waals surface area contributed by atoms with Gasteiger partial charge in [-0.2, -0.15) is 0 Å². The lowest BCUT2D eigenvalue weighted by molar-refractivity contribution is 0.0333. The summed E-state index contributed by atoms with van der Waals surface area (Å²) in [4.78, 5) is 0. The number of nitrogens with zero attached hydrogens (tertiary/aromatic N) is 1. The van der Waals surface area contributed by atoms with Crippen LogP contribution in [-0.2, 0) is 17.9 Å². The summed E-state index contributed by atoms with van der Waals surface area (Å²) in [6, 6.07) is 2.42. The van der Waals surface area contributed by atoms with E-state index in [1.54, 1.807) is 0 Å². The van der Waals surface area contributed by atoms with Crippen molar-refractivity contribution in [2.75, 3.05) is 0 Å². The Morgan fingerprint density at radius 3 is 2.75 bits per heavy atom. The number of rotatable bonds is 11. The molecule has 0 saturated carbocycles. The second-order valence-corrected chi connectivity index (χ2v) is 5.79. The number of ether oxygens (including phenoxy) is 1. The van der Waals surface area contributed by atoms with Crippen LogP contribution in [0, 0.1) is 0 Å². The molecule has 116 valence electrons. The molecule has 0 fully saturated rings. The van der Waals surface area contributed by atoms with Crippen molar-refractivity contribution in [3.63, 3.8) is 0 Å². The van der Waals surface area contributed by atoms with Gasteiger partial charge in [-0.25, -0.2) is 0 Å². The van der Waals surface area contributed by atoms with Crippen molar-refractivity contribution in [1.29, 1.82) is 0 Å². The van der Waals surface area contributed by atoms with Crippen molar-refractivity contribution in [3.8, 4) is 0 Å². The molecule has 0 radical (unpaired) electrons. The normalized spacial score (nSPS) is 13.1. The standard InChI is InChI=1S/C16H30N2O2/c1-5-6-7-8-9-14(4)19-12-16-10-15(18-20-16)11-17-13(2)3/h10,13-14,17H,5-9,11-12H2,1-4H3. The van der Waals surface area contributed by atoms with Crippen LogP contribution in [0.3, 0.4) is 0 Å². The van der Waals surface area contributed by atoms with Gasteiger partial charge in [-0.05, 0) is 13.3 Å². The lowest BCUT2D eigenvalue weighted by Crippen LogP contribution is -2.21. The van der Waals surface area contributed by atoms with E-state index in [0.29, 0.717) is 12.6 Å². The molecule has 4 heteroatoms. The summed E-state index contributed by atoms with van der Waals surface area (Å²) in [5.74, 6) is 0.811. The minimum Gasteiger partial charge on any atom is -0.370 e. The molecule has 0 aromatic carbocycles. The van der Waals surface area contributed by atoms with E-state index >= 15 is 0 Å². The van der Waals surface area contributed by atoms with Gasteiger partial charge in [0.25, 0.3) is 0 Å². The van der Waals surface area contributed by atoms with E-state index in [-0.39, 0.29) is 6.10 Å². The van der Waals surface area contributed by atoms with Gasteiger partial charge in [-0.15, -0.1) is 0 Å². The first kappa shape index (κ1) is 17.2. The predicted octanol–water partition coefficient (Wildman–Crippen LogP) is 4.05. The van der Waals surface area contributed by atoms with Crippen LogP contribution in [0.2, 0.25) is 0 Å². The zero-order valence-electron chi connectivity index (χ0n) is 13.4. The molecule has 20 heavy (non-hydrogen) atoms. The van der Waals surface area contributed by atoms with E-state index in [1.165, 1.54) is 25.7 Å². The summed E-state index contributed by atoms with van der Waals surface area (Å²) in [6.45, 7) is 9.85. The average molecular weight is 282 g/mol. The number of nitrogens with one attached hydrogen (secondary N) is 1. The number of unbranched alkanes of at least 4 members (excludes halogenated alkanes) is 3. The van der Waals surface area contributed by atoms with E-state index in [9.17, 15) is 0 Å². The van der Waals surface area contributed by atoms with Crippen LogP contribution >= 0.6 is 0 Å². The van der Waals surface area contributed by atoms with Gasteiger partial charge in [-0.1, -0.05) is 51.6 Å². The zero-order chi connectivity index (χ0) is 14.8. The summed E-state index contributed by atoms with van der Waals surface area (Å²) >= 11 is 0. The first-order valence-electron chi connectivity index (χ1n) is 7.91. The highest BCUT2D eigenvalue weighted by Crippen LogP contribution is 2.11. The van der Waals surface area contributed by atoms with Crippen molar-refractivity contribution >= 4 is 0 Å². The molecule has 1 aromatic rings. The first-order chi connectivity index (χ1) is 9.61. The molecule has 1 aromatic heterocycles. The lowest BCUT2D eigenvalue weighted by atomic mass is 10.1. The maximum atomic E-state index is 5.79. The molecule has 1 unspecified atom stereocenters. The third kappa shape index (κ3) is 7.65. The summed E-state index contributed by atoms with van der Waals surface area (Å²) in [7, 11) is 0. The van der Waals surface area contributed by atoms with E-state index in [4.69, 9.17) is 9.26 Å². The first-order valence-corrected chi connectivity index (χ1v) is 7.91. The van der Waals surface area contributed by atoms with E-state index in [1.807, 2.05) is 6.07 Å². The maximum Gasteiger partial charge on any atom is 0.162 e. The lowest BCUT2D eigenvalue weighted by Gasteiger charge is -2.11. The topological polar surface area (TPSA) is 47.3 Å². The Morgan fingerprint density at radius 2 is 2.05 bits per heavy atom. The summed E-state index contributed by atoms with van der Waals surface area (Å²) < 4.78 is 11.1. The molecule has 1 heterocycles. The van der Waals surface area contributed by atoms with Crippen LogP contribution in [0.15, 0.2) is 10.6 Å². The molecule has 0 bridgehead atoms. The van der Waals surface area contributed by atoms with Crippen molar-refractivity contribution in [3.05, 3.63) is 17.5 Å². The molecule has 1 N–H and O–H groups in total. The van der Waals surface area contributed by atoms with Gasteiger partial charge in [0.1, 0.15) is 6.61 Å². The highest BCUT2D eigenvalue weighted by molar-refractivity contribution is 5.04. The summed E-state index contributed by atoms with van der Waals surface area (Å²) in [6.07, 6.45) is 6.55. The van der Waals surface area contributed by atoms with E-state index < -0.39 is 0 Å². The quantitative estimate of drug-likeness (QED) is 0.622. The average Bonchev–Trinajstić information content (AvgIpc) is 2.87. The molecule has 0 aliphatic heterocycles. The highest BCUT2D eigenvalue weighted by atomic mass is 16.5. The molecule has 0 aliphatic rings. The molecule has 4 nitrogen and oxygen atoms in total. The van der Waals surface area contributed by atoms with Gasteiger partial charge in [0.15, 0.2) is 5.76 Å². The fraction of sp³-hybridized carbons (Fsp3) is 0.812. The minimum atomic E-state index is 0.286. The smallest absolute Gasteiger partial charge is 0.162 e. The molecular formula is C16H30N2O2. The zero-order valence-corrected chi connectivity index (χ0v) is 13.4. The summed E-state index contributed by atoms with van der Waals surface area (Å²) in [5, 5.41) is 7.35. The monoisotopic (exact) mass is 282 g/mol. The fourth-order valence-corrected chi connectivity index (χ4v) is 1.98. The summed E-state index contributed by atoms with van der Waals surface area (Å²) in [5.41, 5.74) is 0.938. The maximum absolute atomic E-state index is 5.79. The van der Waals surface area contributed by atoms with Crippen LogP contribution in [0.4, 0.5) is 0 Å². The Labute approximate surface area is 123 Å². The van der Waals surface area contributed by atoms with E-state index in [0.717, 1.165) is 24.4 Å². The highest BCUT2D eigenvalue weighted by Gasteiger charge is 2.07. The van der Waals surface area contributed by atoms with Crippen LogP contribution in [0.25, 0.3) is 0 Å². The Balaban J connectivity index is 2.17. The Bertz CT molecular complexity index is 350. The van der Waals surface area contributed by atoms with Crippen molar-refractivity contribution in [2.24, 2.45) is 0 Å². The number of hydrogen-bond donors (Lipinski definition) is 1. The van der Waals surface area contributed by atoms with Crippen LogP contribution in [0.5, 0.6) is 0 Å². The Kier molecular flexibility index (Phi) is 8.54. The van der Waals surface area contributed by atoms with Gasteiger partial charge in [0.05, 0.1) is 11.8 Å². The third-order valence-corrected chi connectivity index (χ3v) is 3.27. The van der Waals surface area contributed by atoms with Crippen molar-refractivity contribution in [2.45, 2.75) is 85.1 Å². The van der Waals surface area contributed by atoms with Crippen molar-refractivity contribution in [1.82, 2.24) is 10.5 Å².